The molecule has 0 saturated heterocycles. The summed E-state index contributed by atoms with van der Waals surface area (Å²) in [5, 5.41) is 3.25. The lowest BCUT2D eigenvalue weighted by Gasteiger charge is -2.37. The minimum Gasteiger partial charge on any atom is -0.489 e. The molecule has 1 saturated carbocycles. The first-order valence-electron chi connectivity index (χ1n) is 7.29. The Morgan fingerprint density at radius 2 is 1.80 bits per heavy atom. The molecule has 1 aliphatic rings. The number of hydrogen-bond acceptors (Lipinski definition) is 2. The molecule has 2 rings (SSSR count). The zero-order valence-electron chi connectivity index (χ0n) is 12.3. The van der Waals surface area contributed by atoms with Crippen LogP contribution >= 0.6 is 0 Å². The second-order valence-corrected chi connectivity index (χ2v) is 5.97. The molecule has 0 amide bonds. The molecule has 0 radical (unpaired) electrons. The van der Waals surface area contributed by atoms with Gasteiger partial charge in [-0.05, 0) is 38.1 Å². The summed E-state index contributed by atoms with van der Waals surface area (Å²) in [5.74, 6) is 0.276. The Balaban J connectivity index is 2.11. The normalized spacial score (nSPS) is 26.8. The molecule has 112 valence electrons. The predicted octanol–water partition coefficient (Wildman–Crippen LogP) is 3.76. The molecule has 2 nitrogen and oxygen atoms in total. The van der Waals surface area contributed by atoms with Crippen molar-refractivity contribution in [3.05, 3.63) is 29.8 Å². The Labute approximate surface area is 119 Å². The summed E-state index contributed by atoms with van der Waals surface area (Å²) in [6.45, 7) is 4.42. The van der Waals surface area contributed by atoms with Crippen LogP contribution in [0.25, 0.3) is 0 Å². The first-order chi connectivity index (χ1) is 9.49. The van der Waals surface area contributed by atoms with Gasteiger partial charge in [0.15, 0.2) is 0 Å². The Bertz CT molecular complexity index is 430. The molecule has 1 aromatic rings. The molecule has 0 heterocycles. The van der Waals surface area contributed by atoms with Crippen molar-refractivity contribution in [2.75, 3.05) is 7.05 Å². The Hall–Kier alpha value is -1.16. The molecule has 20 heavy (non-hydrogen) atoms. The van der Waals surface area contributed by atoms with Crippen LogP contribution in [0.15, 0.2) is 18.2 Å². The molecule has 3 unspecified atom stereocenters. The molecule has 0 aliphatic heterocycles. The highest BCUT2D eigenvalue weighted by Crippen LogP contribution is 2.32. The third kappa shape index (κ3) is 3.69. The standard InChI is InChI=1S/C16H23F2NO/c1-10(2)11-4-5-15(19-3)16(6-11)20-14-8-12(17)7-13(18)9-14/h7-11,15-16,19H,4-6H2,1-3H3. The number of ether oxygens (including phenoxy) is 1. The maximum Gasteiger partial charge on any atom is 0.129 e. The quantitative estimate of drug-likeness (QED) is 0.908. The molecular formula is C16H23F2NO. The van der Waals surface area contributed by atoms with Crippen LogP contribution in [0.5, 0.6) is 5.75 Å². The molecule has 3 atom stereocenters. The number of benzene rings is 1. The van der Waals surface area contributed by atoms with Crippen LogP contribution in [-0.2, 0) is 0 Å². The summed E-state index contributed by atoms with van der Waals surface area (Å²) >= 11 is 0. The van der Waals surface area contributed by atoms with E-state index in [4.69, 9.17) is 4.74 Å². The van der Waals surface area contributed by atoms with Gasteiger partial charge in [0.2, 0.25) is 0 Å². The maximum atomic E-state index is 13.2. The van der Waals surface area contributed by atoms with Crippen molar-refractivity contribution in [2.45, 2.75) is 45.3 Å². The van der Waals surface area contributed by atoms with Gasteiger partial charge in [-0.15, -0.1) is 0 Å². The van der Waals surface area contributed by atoms with E-state index in [-0.39, 0.29) is 17.9 Å². The Morgan fingerprint density at radius 1 is 1.15 bits per heavy atom. The molecule has 0 bridgehead atoms. The fourth-order valence-corrected chi connectivity index (χ4v) is 3.00. The maximum absolute atomic E-state index is 13.2. The van der Waals surface area contributed by atoms with Crippen LogP contribution in [0.3, 0.4) is 0 Å². The summed E-state index contributed by atoms with van der Waals surface area (Å²) in [6.07, 6.45) is 3.08. The van der Waals surface area contributed by atoms with E-state index in [1.54, 1.807) is 0 Å². The minimum absolute atomic E-state index is 0.0395. The molecule has 1 aliphatic carbocycles. The minimum atomic E-state index is -0.600. The van der Waals surface area contributed by atoms with Crippen molar-refractivity contribution >= 4 is 0 Å². The van der Waals surface area contributed by atoms with Crippen LogP contribution < -0.4 is 10.1 Å². The van der Waals surface area contributed by atoms with Crippen molar-refractivity contribution in [3.8, 4) is 5.75 Å². The van der Waals surface area contributed by atoms with Crippen molar-refractivity contribution < 1.29 is 13.5 Å². The van der Waals surface area contributed by atoms with Gasteiger partial charge in [0.25, 0.3) is 0 Å². The highest BCUT2D eigenvalue weighted by atomic mass is 19.1. The molecule has 0 spiro atoms. The molecule has 4 heteroatoms. The molecule has 1 aromatic carbocycles. The largest absolute Gasteiger partial charge is 0.489 e. The number of likely N-dealkylation sites (N-methyl/N-ethyl adjacent to an activating group) is 1. The first kappa shape index (κ1) is 15.2. The zero-order valence-corrected chi connectivity index (χ0v) is 12.3. The van der Waals surface area contributed by atoms with Crippen LogP contribution in [0.1, 0.15) is 33.1 Å². The molecular weight excluding hydrogens is 260 g/mol. The van der Waals surface area contributed by atoms with E-state index in [0.717, 1.165) is 18.9 Å². The molecule has 1 fully saturated rings. The topological polar surface area (TPSA) is 21.3 Å². The van der Waals surface area contributed by atoms with Crippen LogP contribution in [-0.4, -0.2) is 19.2 Å². The van der Waals surface area contributed by atoms with E-state index in [0.29, 0.717) is 11.8 Å². The number of hydrogen-bond donors (Lipinski definition) is 1. The van der Waals surface area contributed by atoms with Crippen molar-refractivity contribution in [1.29, 1.82) is 0 Å². The lowest BCUT2D eigenvalue weighted by Crippen LogP contribution is -2.46. The van der Waals surface area contributed by atoms with Gasteiger partial charge in [-0.25, -0.2) is 8.78 Å². The number of nitrogens with one attached hydrogen (secondary N) is 1. The van der Waals surface area contributed by atoms with E-state index in [9.17, 15) is 8.78 Å². The fraction of sp³-hybridized carbons (Fsp3) is 0.625. The van der Waals surface area contributed by atoms with E-state index in [1.807, 2.05) is 7.05 Å². The van der Waals surface area contributed by atoms with E-state index in [2.05, 4.69) is 19.2 Å². The van der Waals surface area contributed by atoms with Gasteiger partial charge in [0, 0.05) is 24.2 Å². The van der Waals surface area contributed by atoms with Gasteiger partial charge in [-0.1, -0.05) is 13.8 Å². The van der Waals surface area contributed by atoms with Gasteiger partial charge in [0.05, 0.1) is 0 Å². The summed E-state index contributed by atoms with van der Waals surface area (Å²) in [5.41, 5.74) is 0. The van der Waals surface area contributed by atoms with Gasteiger partial charge in [0.1, 0.15) is 23.5 Å². The Kier molecular flexibility index (Phi) is 4.97. The van der Waals surface area contributed by atoms with Crippen LogP contribution in [0.2, 0.25) is 0 Å². The third-order valence-corrected chi connectivity index (χ3v) is 4.27. The zero-order chi connectivity index (χ0) is 14.7. The summed E-state index contributed by atoms with van der Waals surface area (Å²) in [4.78, 5) is 0. The molecule has 0 aromatic heterocycles. The van der Waals surface area contributed by atoms with Gasteiger partial charge >= 0.3 is 0 Å². The highest BCUT2D eigenvalue weighted by molar-refractivity contribution is 5.24. The van der Waals surface area contributed by atoms with E-state index >= 15 is 0 Å². The van der Waals surface area contributed by atoms with Crippen molar-refractivity contribution in [1.82, 2.24) is 5.32 Å². The molecule has 1 N–H and O–H groups in total. The fourth-order valence-electron chi connectivity index (χ4n) is 3.00. The van der Waals surface area contributed by atoms with Crippen molar-refractivity contribution in [2.24, 2.45) is 11.8 Å². The lowest BCUT2D eigenvalue weighted by molar-refractivity contribution is 0.0744. The van der Waals surface area contributed by atoms with E-state index in [1.165, 1.54) is 18.6 Å². The monoisotopic (exact) mass is 283 g/mol. The SMILES string of the molecule is CNC1CCC(C(C)C)CC1Oc1cc(F)cc(F)c1. The predicted molar refractivity (Wildman–Crippen MR) is 75.8 cm³/mol. The number of rotatable bonds is 4. The van der Waals surface area contributed by atoms with E-state index < -0.39 is 11.6 Å². The van der Waals surface area contributed by atoms with Crippen molar-refractivity contribution in [3.63, 3.8) is 0 Å². The summed E-state index contributed by atoms with van der Waals surface area (Å²) < 4.78 is 32.3. The highest BCUT2D eigenvalue weighted by Gasteiger charge is 2.32. The van der Waals surface area contributed by atoms with Crippen LogP contribution in [0.4, 0.5) is 8.78 Å². The second-order valence-electron chi connectivity index (χ2n) is 5.97. The van der Waals surface area contributed by atoms with Gasteiger partial charge < -0.3 is 10.1 Å². The Morgan fingerprint density at radius 3 is 2.35 bits per heavy atom. The average Bonchev–Trinajstić information content (AvgIpc) is 2.37. The summed E-state index contributed by atoms with van der Waals surface area (Å²) in [6, 6.07) is 3.58. The first-order valence-corrected chi connectivity index (χ1v) is 7.29. The summed E-state index contributed by atoms with van der Waals surface area (Å²) in [7, 11) is 1.91. The number of halogens is 2. The lowest BCUT2D eigenvalue weighted by atomic mass is 9.78. The van der Waals surface area contributed by atoms with Crippen LogP contribution in [0, 0.1) is 23.5 Å². The average molecular weight is 283 g/mol. The van der Waals surface area contributed by atoms with Gasteiger partial charge in [-0.3, -0.25) is 0 Å². The third-order valence-electron chi connectivity index (χ3n) is 4.27. The van der Waals surface area contributed by atoms with Gasteiger partial charge in [-0.2, -0.15) is 0 Å². The smallest absolute Gasteiger partial charge is 0.129 e. The second kappa shape index (κ2) is 6.53.